The third kappa shape index (κ3) is 5.77. The van der Waals surface area contributed by atoms with Crippen LogP contribution in [0.2, 0.25) is 0 Å². The molecule has 0 aliphatic heterocycles. The Morgan fingerprint density at radius 1 is 1.06 bits per heavy atom. The smallest absolute Gasteiger partial charge is 0.163 e. The first-order valence-electron chi connectivity index (χ1n) is 6.65. The number of rotatable bonds is 7. The van der Waals surface area contributed by atoms with Crippen LogP contribution in [0.25, 0.3) is 0 Å². The van der Waals surface area contributed by atoms with E-state index in [1.54, 1.807) is 0 Å². The van der Waals surface area contributed by atoms with Gasteiger partial charge in [0.05, 0.1) is 13.2 Å². The van der Waals surface area contributed by atoms with E-state index in [-0.39, 0.29) is 0 Å². The largest absolute Gasteiger partial charge is 0.490 e. The van der Waals surface area contributed by atoms with Crippen molar-refractivity contribution < 1.29 is 9.47 Å². The number of nitrogens with two attached hydrogens (primary N) is 1. The summed E-state index contributed by atoms with van der Waals surface area (Å²) in [6.07, 6.45) is 0. The summed E-state index contributed by atoms with van der Waals surface area (Å²) in [4.78, 5) is 0. The van der Waals surface area contributed by atoms with E-state index in [0.29, 0.717) is 19.8 Å². The standard InChI is InChI=1S/C12H20N2O2.C2H6/c1-3-15-11-6-5-10(14-8-7-13)9-12(11)16-4-2;1-2/h5-6,9,14H,3-4,7-8,13H2,1-2H3;1-2H3. The molecule has 0 fully saturated rings. The predicted molar refractivity (Wildman–Crippen MR) is 77.7 cm³/mol. The van der Waals surface area contributed by atoms with Crippen LogP contribution in [0.1, 0.15) is 27.7 Å². The summed E-state index contributed by atoms with van der Waals surface area (Å²) in [5.74, 6) is 1.55. The van der Waals surface area contributed by atoms with Crippen LogP contribution < -0.4 is 20.5 Å². The quantitative estimate of drug-likeness (QED) is 0.785. The van der Waals surface area contributed by atoms with Gasteiger partial charge in [0, 0.05) is 24.8 Å². The molecule has 0 atom stereocenters. The second-order valence-corrected chi connectivity index (χ2v) is 3.24. The Morgan fingerprint density at radius 2 is 1.67 bits per heavy atom. The molecule has 104 valence electrons. The van der Waals surface area contributed by atoms with Crippen molar-refractivity contribution in [3.8, 4) is 11.5 Å². The summed E-state index contributed by atoms with van der Waals surface area (Å²) >= 11 is 0. The molecule has 18 heavy (non-hydrogen) atoms. The van der Waals surface area contributed by atoms with Crippen LogP contribution in [0.5, 0.6) is 11.5 Å². The highest BCUT2D eigenvalue weighted by Gasteiger charge is 2.05. The minimum Gasteiger partial charge on any atom is -0.490 e. The molecule has 3 N–H and O–H groups in total. The summed E-state index contributed by atoms with van der Waals surface area (Å²) in [7, 11) is 0. The van der Waals surface area contributed by atoms with E-state index in [0.717, 1.165) is 23.7 Å². The van der Waals surface area contributed by atoms with Gasteiger partial charge in [-0.2, -0.15) is 0 Å². The monoisotopic (exact) mass is 254 g/mol. The second kappa shape index (κ2) is 10.7. The molecule has 0 radical (unpaired) electrons. The normalized spacial score (nSPS) is 9.17. The summed E-state index contributed by atoms with van der Waals surface area (Å²) in [6.45, 7) is 10.5. The Kier molecular flexibility index (Phi) is 9.87. The summed E-state index contributed by atoms with van der Waals surface area (Å²) in [5, 5.41) is 3.20. The molecule has 0 aromatic heterocycles. The maximum absolute atomic E-state index is 5.51. The van der Waals surface area contributed by atoms with E-state index in [1.165, 1.54) is 0 Å². The lowest BCUT2D eigenvalue weighted by molar-refractivity contribution is 0.288. The van der Waals surface area contributed by atoms with E-state index in [4.69, 9.17) is 15.2 Å². The van der Waals surface area contributed by atoms with Gasteiger partial charge in [-0.1, -0.05) is 13.8 Å². The van der Waals surface area contributed by atoms with E-state index in [2.05, 4.69) is 5.32 Å². The molecule has 0 bridgehead atoms. The molecule has 0 spiro atoms. The lowest BCUT2D eigenvalue weighted by atomic mass is 10.2. The molecule has 0 amide bonds. The van der Waals surface area contributed by atoms with Crippen molar-refractivity contribution in [2.75, 3.05) is 31.6 Å². The van der Waals surface area contributed by atoms with E-state index in [1.807, 2.05) is 45.9 Å². The molecule has 0 saturated heterocycles. The lowest BCUT2D eigenvalue weighted by Gasteiger charge is -2.13. The van der Waals surface area contributed by atoms with Gasteiger partial charge in [-0.05, 0) is 26.0 Å². The third-order valence-electron chi connectivity index (χ3n) is 2.02. The van der Waals surface area contributed by atoms with Gasteiger partial charge in [0.2, 0.25) is 0 Å². The van der Waals surface area contributed by atoms with Crippen molar-refractivity contribution >= 4 is 5.69 Å². The summed E-state index contributed by atoms with van der Waals surface area (Å²) < 4.78 is 11.0. The zero-order valence-corrected chi connectivity index (χ0v) is 12.0. The summed E-state index contributed by atoms with van der Waals surface area (Å²) in [6, 6.07) is 5.81. The fourth-order valence-corrected chi connectivity index (χ4v) is 1.38. The molecule has 0 saturated carbocycles. The fourth-order valence-electron chi connectivity index (χ4n) is 1.38. The molecular weight excluding hydrogens is 228 g/mol. The topological polar surface area (TPSA) is 56.5 Å². The van der Waals surface area contributed by atoms with Crippen LogP contribution >= 0.6 is 0 Å². The zero-order valence-electron chi connectivity index (χ0n) is 12.0. The molecule has 1 aromatic carbocycles. The van der Waals surface area contributed by atoms with Crippen LogP contribution in [-0.4, -0.2) is 26.3 Å². The minimum atomic E-state index is 0.608. The van der Waals surface area contributed by atoms with Gasteiger partial charge in [0.1, 0.15) is 0 Å². The van der Waals surface area contributed by atoms with Crippen molar-refractivity contribution in [3.05, 3.63) is 18.2 Å². The SMILES string of the molecule is CC.CCOc1ccc(NCCN)cc1OCC. The molecule has 4 heteroatoms. The molecule has 1 aromatic rings. The molecule has 1 rings (SSSR count). The Hall–Kier alpha value is -1.42. The van der Waals surface area contributed by atoms with Crippen molar-refractivity contribution in [3.63, 3.8) is 0 Å². The van der Waals surface area contributed by atoms with Crippen molar-refractivity contribution in [2.45, 2.75) is 27.7 Å². The number of nitrogens with one attached hydrogen (secondary N) is 1. The van der Waals surface area contributed by atoms with Gasteiger partial charge >= 0.3 is 0 Å². The fraction of sp³-hybridized carbons (Fsp3) is 0.571. The highest BCUT2D eigenvalue weighted by Crippen LogP contribution is 2.30. The molecule has 0 heterocycles. The van der Waals surface area contributed by atoms with Crippen molar-refractivity contribution in [1.29, 1.82) is 0 Å². The van der Waals surface area contributed by atoms with Crippen LogP contribution in [0, 0.1) is 0 Å². The summed E-state index contributed by atoms with van der Waals surface area (Å²) in [5.41, 5.74) is 6.43. The Balaban J connectivity index is 0.00000137. The number of benzene rings is 1. The Bertz CT molecular complexity index is 317. The second-order valence-electron chi connectivity index (χ2n) is 3.24. The Labute approximate surface area is 110 Å². The minimum absolute atomic E-state index is 0.608. The van der Waals surface area contributed by atoms with Crippen LogP contribution in [0.3, 0.4) is 0 Å². The van der Waals surface area contributed by atoms with Gasteiger partial charge in [-0.3, -0.25) is 0 Å². The molecule has 0 aliphatic carbocycles. The molecule has 0 aliphatic rings. The first kappa shape index (κ1) is 16.6. The average molecular weight is 254 g/mol. The lowest BCUT2D eigenvalue weighted by Crippen LogP contribution is -2.13. The molecule has 0 unspecified atom stereocenters. The van der Waals surface area contributed by atoms with Crippen LogP contribution in [0.4, 0.5) is 5.69 Å². The maximum Gasteiger partial charge on any atom is 0.163 e. The van der Waals surface area contributed by atoms with Crippen molar-refractivity contribution in [2.24, 2.45) is 5.73 Å². The van der Waals surface area contributed by atoms with Crippen LogP contribution in [0.15, 0.2) is 18.2 Å². The van der Waals surface area contributed by atoms with E-state index < -0.39 is 0 Å². The number of hydrogen-bond donors (Lipinski definition) is 2. The van der Waals surface area contributed by atoms with E-state index in [9.17, 15) is 0 Å². The number of anilines is 1. The van der Waals surface area contributed by atoms with E-state index >= 15 is 0 Å². The van der Waals surface area contributed by atoms with Gasteiger partial charge < -0.3 is 20.5 Å². The predicted octanol–water partition coefficient (Wildman–Crippen LogP) is 2.88. The average Bonchev–Trinajstić information content (AvgIpc) is 2.42. The first-order chi connectivity index (χ1) is 8.81. The highest BCUT2D eigenvalue weighted by atomic mass is 16.5. The third-order valence-corrected chi connectivity index (χ3v) is 2.02. The van der Waals surface area contributed by atoms with Gasteiger partial charge in [0.25, 0.3) is 0 Å². The van der Waals surface area contributed by atoms with Gasteiger partial charge in [0.15, 0.2) is 11.5 Å². The zero-order chi connectivity index (χ0) is 13.8. The van der Waals surface area contributed by atoms with Gasteiger partial charge in [-0.15, -0.1) is 0 Å². The maximum atomic E-state index is 5.51. The molecule has 4 nitrogen and oxygen atoms in total. The number of ether oxygens (including phenoxy) is 2. The number of hydrogen-bond acceptors (Lipinski definition) is 4. The van der Waals surface area contributed by atoms with Crippen LogP contribution in [-0.2, 0) is 0 Å². The Morgan fingerprint density at radius 3 is 2.22 bits per heavy atom. The first-order valence-corrected chi connectivity index (χ1v) is 6.65. The highest BCUT2D eigenvalue weighted by molar-refractivity contribution is 5.54. The van der Waals surface area contributed by atoms with Crippen molar-refractivity contribution in [1.82, 2.24) is 0 Å². The van der Waals surface area contributed by atoms with Gasteiger partial charge in [-0.25, -0.2) is 0 Å². The molecular formula is C14H26N2O2.